The summed E-state index contributed by atoms with van der Waals surface area (Å²) in [6, 6.07) is 13.4. The van der Waals surface area contributed by atoms with E-state index in [1.165, 1.54) is 37.4 Å². The van der Waals surface area contributed by atoms with E-state index in [2.05, 4.69) is 10.3 Å². The lowest BCUT2D eigenvalue weighted by molar-refractivity contribution is -0.123. The Morgan fingerprint density at radius 3 is 2.62 bits per heavy atom. The number of carbonyl (C=O) groups is 2. The maximum absolute atomic E-state index is 14.6. The lowest BCUT2D eigenvalue weighted by atomic mass is 9.81. The van der Waals surface area contributed by atoms with Crippen molar-refractivity contribution in [1.29, 1.82) is 0 Å². The van der Waals surface area contributed by atoms with Crippen molar-refractivity contribution in [1.82, 2.24) is 10.3 Å². The summed E-state index contributed by atoms with van der Waals surface area (Å²) < 4.78 is 40.3. The number of nitrogen functional groups attached to an aromatic ring is 1. The van der Waals surface area contributed by atoms with Crippen LogP contribution in [0.3, 0.4) is 0 Å². The largest absolute Gasteiger partial charge is 0.495 e. The molecule has 0 spiro atoms. The zero-order valence-corrected chi connectivity index (χ0v) is 27.5. The van der Waals surface area contributed by atoms with Gasteiger partial charge >= 0.3 is 0 Å². The SMILES string of the molecule is COc1cc(C(=O)NC[C@@H](c2cccc(F)c2)c2cc3c(c(-c4ccc(F)c(Cl)c4Cl)n2)OC[C@]3(C)C(N)=O)cc(C=NC2CC2)c1N. The first-order valence-corrected chi connectivity index (χ1v) is 15.8. The average molecular weight is 695 g/mol. The number of benzene rings is 3. The fourth-order valence-electron chi connectivity index (χ4n) is 5.55. The second-order valence-electron chi connectivity index (χ2n) is 12.0. The molecule has 1 aromatic heterocycles. The lowest BCUT2D eigenvalue weighted by Crippen LogP contribution is -2.40. The molecule has 6 rings (SSSR count). The third-order valence-electron chi connectivity index (χ3n) is 8.63. The number of carbonyl (C=O) groups excluding carboxylic acids is 2. The molecule has 5 N–H and O–H groups in total. The molecular weight excluding hydrogens is 663 g/mol. The van der Waals surface area contributed by atoms with Gasteiger partial charge in [-0.05, 0) is 67.8 Å². The third kappa shape index (κ3) is 6.27. The van der Waals surface area contributed by atoms with Gasteiger partial charge in [0, 0.05) is 40.9 Å². The number of fused-ring (bicyclic) bond motifs is 1. The molecule has 1 fully saturated rings. The number of rotatable bonds is 10. The van der Waals surface area contributed by atoms with Gasteiger partial charge < -0.3 is 26.3 Å². The summed E-state index contributed by atoms with van der Waals surface area (Å²) in [7, 11) is 1.45. The topological polar surface area (TPSA) is 142 Å². The van der Waals surface area contributed by atoms with E-state index in [0.717, 1.165) is 18.9 Å². The minimum absolute atomic E-state index is 0.0578. The summed E-state index contributed by atoms with van der Waals surface area (Å²) in [4.78, 5) is 35.7. The predicted molar refractivity (Wildman–Crippen MR) is 180 cm³/mol. The summed E-state index contributed by atoms with van der Waals surface area (Å²) in [5, 5.41) is 2.49. The Morgan fingerprint density at radius 1 is 1.17 bits per heavy atom. The van der Waals surface area contributed by atoms with E-state index >= 15 is 0 Å². The van der Waals surface area contributed by atoms with E-state index in [1.54, 1.807) is 31.3 Å². The molecule has 0 bridgehead atoms. The molecule has 3 aromatic carbocycles. The minimum Gasteiger partial charge on any atom is -0.495 e. The first-order valence-electron chi connectivity index (χ1n) is 15.1. The van der Waals surface area contributed by atoms with Crippen molar-refractivity contribution in [3.8, 4) is 22.8 Å². The van der Waals surface area contributed by atoms with Crippen molar-refractivity contribution in [2.24, 2.45) is 10.7 Å². The predicted octanol–water partition coefficient (Wildman–Crippen LogP) is 6.20. The number of nitrogens with two attached hydrogens (primary N) is 2. The number of hydrogen-bond donors (Lipinski definition) is 3. The van der Waals surface area contributed by atoms with E-state index in [0.29, 0.717) is 33.8 Å². The van der Waals surface area contributed by atoms with Gasteiger partial charge in [-0.25, -0.2) is 13.8 Å². The zero-order valence-electron chi connectivity index (χ0n) is 26.0. The Morgan fingerprint density at radius 2 is 1.94 bits per heavy atom. The number of nitrogens with zero attached hydrogens (tertiary/aromatic N) is 2. The molecule has 4 aromatic rings. The summed E-state index contributed by atoms with van der Waals surface area (Å²) in [5.41, 5.74) is 13.6. The van der Waals surface area contributed by atoms with Crippen LogP contribution in [-0.4, -0.2) is 49.3 Å². The van der Waals surface area contributed by atoms with Crippen LogP contribution in [0.4, 0.5) is 14.5 Å². The number of halogens is 4. The van der Waals surface area contributed by atoms with Crippen LogP contribution in [0, 0.1) is 11.6 Å². The summed E-state index contributed by atoms with van der Waals surface area (Å²) >= 11 is 12.7. The smallest absolute Gasteiger partial charge is 0.251 e. The monoisotopic (exact) mass is 693 g/mol. The van der Waals surface area contributed by atoms with Crippen LogP contribution in [0.1, 0.15) is 58.4 Å². The van der Waals surface area contributed by atoms with Crippen LogP contribution in [0.5, 0.6) is 11.5 Å². The molecule has 2 atom stereocenters. The van der Waals surface area contributed by atoms with Crippen LogP contribution in [0.25, 0.3) is 11.3 Å². The highest BCUT2D eigenvalue weighted by molar-refractivity contribution is 6.43. The molecule has 13 heteroatoms. The van der Waals surface area contributed by atoms with Gasteiger partial charge in [0.25, 0.3) is 5.91 Å². The maximum Gasteiger partial charge on any atom is 0.251 e. The molecule has 48 heavy (non-hydrogen) atoms. The summed E-state index contributed by atoms with van der Waals surface area (Å²) in [6.07, 6.45) is 3.64. The number of methoxy groups -OCH3 is 1. The molecule has 9 nitrogen and oxygen atoms in total. The quantitative estimate of drug-likeness (QED) is 0.103. The molecule has 1 aliphatic heterocycles. The second kappa shape index (κ2) is 13.0. The lowest BCUT2D eigenvalue weighted by Gasteiger charge is -2.23. The second-order valence-corrected chi connectivity index (χ2v) is 12.7. The van der Waals surface area contributed by atoms with Gasteiger partial charge in [-0.15, -0.1) is 0 Å². The number of aliphatic imine (C=N–C) groups is 1. The maximum atomic E-state index is 14.6. The Labute approximate surface area is 285 Å². The number of pyridine rings is 1. The van der Waals surface area contributed by atoms with Gasteiger partial charge in [-0.3, -0.25) is 14.6 Å². The van der Waals surface area contributed by atoms with Gasteiger partial charge in [-0.2, -0.15) is 0 Å². The number of nitrogens with one attached hydrogen (secondary N) is 1. The van der Waals surface area contributed by atoms with Gasteiger partial charge in [0.2, 0.25) is 5.91 Å². The van der Waals surface area contributed by atoms with E-state index in [9.17, 15) is 18.4 Å². The van der Waals surface area contributed by atoms with Crippen molar-refractivity contribution in [3.05, 3.63) is 104 Å². The summed E-state index contributed by atoms with van der Waals surface area (Å²) in [5.74, 6) is -2.58. The molecule has 2 amide bonds. The summed E-state index contributed by atoms with van der Waals surface area (Å²) in [6.45, 7) is 1.48. The van der Waals surface area contributed by atoms with Crippen molar-refractivity contribution in [3.63, 3.8) is 0 Å². The standard InChI is InChI=1S/C35H31Cl2F2N5O4/c1-35(34(41)46)16-48-32-24(35)13-26(44-31(32)22-8-9-25(39)29(37)28(22)36)23(17-4-3-5-20(38)11-17)15-43-33(45)18-10-19(14-42-21-6-7-21)30(40)27(12-18)47-2/h3-5,8-14,21,23H,6-7,15-16,40H2,1-2H3,(H2,41,46)(H,43,45)/t23-,35-/m0/s1. The fourth-order valence-corrected chi connectivity index (χ4v) is 5.96. The molecule has 0 radical (unpaired) electrons. The molecule has 248 valence electrons. The minimum atomic E-state index is -1.27. The van der Waals surface area contributed by atoms with E-state index in [4.69, 9.17) is 49.1 Å². The van der Waals surface area contributed by atoms with Crippen molar-refractivity contribution < 1.29 is 27.8 Å². The normalized spacial score (nSPS) is 17.5. The highest BCUT2D eigenvalue weighted by Gasteiger charge is 2.44. The first kappa shape index (κ1) is 33.2. The Bertz CT molecular complexity index is 1990. The number of hydrogen-bond acceptors (Lipinski definition) is 7. The van der Waals surface area contributed by atoms with Crippen LogP contribution in [-0.2, 0) is 10.2 Å². The molecule has 2 aliphatic rings. The van der Waals surface area contributed by atoms with Gasteiger partial charge in [0.05, 0.1) is 34.6 Å². The Balaban J connectivity index is 1.44. The van der Waals surface area contributed by atoms with E-state index in [1.807, 2.05) is 0 Å². The Hall–Kier alpha value is -4.74. The molecular formula is C35H31Cl2F2N5O4. The number of anilines is 1. The number of primary amides is 1. The Kier molecular flexibility index (Phi) is 9.02. The molecule has 1 saturated carbocycles. The number of amides is 2. The number of ether oxygens (including phenoxy) is 2. The number of aromatic nitrogens is 1. The van der Waals surface area contributed by atoms with E-state index < -0.39 is 34.8 Å². The van der Waals surface area contributed by atoms with E-state index in [-0.39, 0.29) is 51.8 Å². The fraction of sp³-hybridized carbons (Fsp3) is 0.257. The van der Waals surface area contributed by atoms with Crippen molar-refractivity contribution in [2.75, 3.05) is 26.0 Å². The zero-order chi connectivity index (χ0) is 34.3. The van der Waals surface area contributed by atoms with Gasteiger partial charge in [0.15, 0.2) is 0 Å². The molecule has 0 saturated heterocycles. The van der Waals surface area contributed by atoms with Crippen LogP contribution in [0.15, 0.2) is 59.6 Å². The highest BCUT2D eigenvalue weighted by atomic mass is 35.5. The average Bonchev–Trinajstić information content (AvgIpc) is 3.84. The highest BCUT2D eigenvalue weighted by Crippen LogP contribution is 2.48. The third-order valence-corrected chi connectivity index (χ3v) is 9.49. The van der Waals surface area contributed by atoms with Crippen LogP contribution >= 0.6 is 23.2 Å². The molecule has 2 heterocycles. The molecule has 1 aliphatic carbocycles. The van der Waals surface area contributed by atoms with Crippen molar-refractivity contribution >= 4 is 46.9 Å². The van der Waals surface area contributed by atoms with Gasteiger partial charge in [0.1, 0.15) is 40.8 Å². The van der Waals surface area contributed by atoms with Crippen LogP contribution in [0.2, 0.25) is 10.0 Å². The van der Waals surface area contributed by atoms with Crippen LogP contribution < -0.4 is 26.3 Å². The molecule has 0 unspecified atom stereocenters. The van der Waals surface area contributed by atoms with Gasteiger partial charge in [-0.1, -0.05) is 35.3 Å². The first-order chi connectivity index (χ1) is 22.9. The van der Waals surface area contributed by atoms with Crippen molar-refractivity contribution in [2.45, 2.75) is 37.1 Å².